The van der Waals surface area contributed by atoms with Crippen LogP contribution in [0, 0.1) is 0 Å². The Hall–Kier alpha value is -1.87. The molecule has 1 heterocycles. The highest BCUT2D eigenvalue weighted by Gasteiger charge is 2.22. The number of amides is 1. The molecular formula is C17H14BrNO. The van der Waals surface area contributed by atoms with Gasteiger partial charge in [-0.2, -0.15) is 0 Å². The molecule has 0 spiro atoms. The molecule has 0 unspecified atom stereocenters. The van der Waals surface area contributed by atoms with Crippen molar-refractivity contribution < 1.29 is 4.79 Å². The lowest BCUT2D eigenvalue weighted by atomic mass is 10.2. The summed E-state index contributed by atoms with van der Waals surface area (Å²) in [5.74, 6) is 0.0397. The first-order valence-corrected chi connectivity index (χ1v) is 7.36. The van der Waals surface area contributed by atoms with Crippen molar-refractivity contribution in [1.82, 2.24) is 0 Å². The van der Waals surface area contributed by atoms with Crippen molar-refractivity contribution in [2.75, 3.05) is 11.4 Å². The number of carbonyl (C=O) groups is 1. The summed E-state index contributed by atoms with van der Waals surface area (Å²) in [6.07, 6.45) is 4.44. The van der Waals surface area contributed by atoms with Gasteiger partial charge in [0.1, 0.15) is 0 Å². The SMILES string of the molecule is O=C(/C=C/c1ccc(Br)cc1)N1CCc2ccccc21. The molecule has 2 aromatic carbocycles. The second-order valence-electron chi connectivity index (χ2n) is 4.75. The quantitative estimate of drug-likeness (QED) is 0.762. The van der Waals surface area contributed by atoms with Crippen LogP contribution in [0.3, 0.4) is 0 Å². The first kappa shape index (κ1) is 13.1. The first-order chi connectivity index (χ1) is 9.74. The molecule has 1 aliphatic rings. The van der Waals surface area contributed by atoms with Gasteiger partial charge in [-0.3, -0.25) is 4.79 Å². The van der Waals surface area contributed by atoms with Gasteiger partial charge >= 0.3 is 0 Å². The van der Waals surface area contributed by atoms with E-state index in [0.29, 0.717) is 0 Å². The zero-order valence-corrected chi connectivity index (χ0v) is 12.5. The van der Waals surface area contributed by atoms with Gasteiger partial charge in [0, 0.05) is 22.8 Å². The summed E-state index contributed by atoms with van der Waals surface area (Å²) in [5.41, 5.74) is 3.31. The molecule has 0 bridgehead atoms. The van der Waals surface area contributed by atoms with Crippen LogP contribution >= 0.6 is 15.9 Å². The molecule has 0 saturated heterocycles. The summed E-state index contributed by atoms with van der Waals surface area (Å²) in [6, 6.07) is 16.0. The van der Waals surface area contributed by atoms with E-state index >= 15 is 0 Å². The van der Waals surface area contributed by atoms with Crippen LogP contribution in [0.1, 0.15) is 11.1 Å². The van der Waals surface area contributed by atoms with Crippen LogP contribution in [-0.4, -0.2) is 12.5 Å². The largest absolute Gasteiger partial charge is 0.308 e. The van der Waals surface area contributed by atoms with E-state index in [0.717, 1.165) is 28.7 Å². The smallest absolute Gasteiger partial charge is 0.251 e. The van der Waals surface area contributed by atoms with Crippen molar-refractivity contribution in [1.29, 1.82) is 0 Å². The Labute approximate surface area is 126 Å². The molecule has 1 aliphatic heterocycles. The number of hydrogen-bond acceptors (Lipinski definition) is 1. The fraction of sp³-hybridized carbons (Fsp3) is 0.118. The van der Waals surface area contributed by atoms with Gasteiger partial charge < -0.3 is 4.90 Å². The highest BCUT2D eigenvalue weighted by Crippen LogP contribution is 2.27. The summed E-state index contributed by atoms with van der Waals surface area (Å²) in [6.45, 7) is 0.767. The Morgan fingerprint density at radius 2 is 1.85 bits per heavy atom. The molecule has 0 fully saturated rings. The fourth-order valence-electron chi connectivity index (χ4n) is 2.40. The van der Waals surface area contributed by atoms with Crippen molar-refractivity contribution in [3.8, 4) is 0 Å². The Morgan fingerprint density at radius 3 is 2.65 bits per heavy atom. The number of rotatable bonds is 2. The van der Waals surface area contributed by atoms with Gasteiger partial charge in [0.25, 0.3) is 5.91 Å². The average molecular weight is 328 g/mol. The lowest BCUT2D eigenvalue weighted by Crippen LogP contribution is -2.26. The van der Waals surface area contributed by atoms with Gasteiger partial charge in [-0.05, 0) is 41.8 Å². The number of hydrogen-bond donors (Lipinski definition) is 0. The molecule has 0 aromatic heterocycles. The van der Waals surface area contributed by atoms with E-state index in [1.807, 2.05) is 53.4 Å². The normalized spacial score (nSPS) is 13.8. The van der Waals surface area contributed by atoms with E-state index < -0.39 is 0 Å². The Balaban J connectivity index is 1.76. The summed E-state index contributed by atoms with van der Waals surface area (Å²) >= 11 is 3.40. The number of halogens is 1. The highest BCUT2D eigenvalue weighted by atomic mass is 79.9. The van der Waals surface area contributed by atoms with Crippen LogP contribution in [0.15, 0.2) is 59.1 Å². The summed E-state index contributed by atoms with van der Waals surface area (Å²) in [7, 11) is 0. The topological polar surface area (TPSA) is 20.3 Å². The minimum absolute atomic E-state index is 0.0397. The lowest BCUT2D eigenvalue weighted by Gasteiger charge is -2.14. The maximum Gasteiger partial charge on any atom is 0.251 e. The standard InChI is InChI=1S/C17H14BrNO/c18-15-8-5-13(6-9-15)7-10-17(20)19-12-11-14-3-1-2-4-16(14)19/h1-10H,11-12H2/b10-7+. The predicted molar refractivity (Wildman–Crippen MR) is 85.7 cm³/mol. The second-order valence-corrected chi connectivity index (χ2v) is 5.67. The molecule has 3 heteroatoms. The minimum atomic E-state index is 0.0397. The van der Waals surface area contributed by atoms with Gasteiger partial charge in [-0.25, -0.2) is 0 Å². The number of carbonyl (C=O) groups excluding carboxylic acids is 1. The number of nitrogens with zero attached hydrogens (tertiary/aromatic N) is 1. The number of benzene rings is 2. The lowest BCUT2D eigenvalue weighted by molar-refractivity contribution is -0.114. The molecule has 2 nitrogen and oxygen atoms in total. The molecule has 0 saturated carbocycles. The van der Waals surface area contributed by atoms with Crippen molar-refractivity contribution in [2.24, 2.45) is 0 Å². The molecule has 20 heavy (non-hydrogen) atoms. The number of anilines is 1. The van der Waals surface area contributed by atoms with Crippen molar-refractivity contribution in [3.63, 3.8) is 0 Å². The summed E-state index contributed by atoms with van der Waals surface area (Å²) < 4.78 is 1.04. The van der Waals surface area contributed by atoms with E-state index in [4.69, 9.17) is 0 Å². The molecule has 3 rings (SSSR count). The van der Waals surface area contributed by atoms with Gasteiger partial charge in [0.05, 0.1) is 0 Å². The van der Waals surface area contributed by atoms with Crippen molar-refractivity contribution in [2.45, 2.75) is 6.42 Å². The molecule has 1 amide bonds. The second kappa shape index (κ2) is 5.63. The third-order valence-electron chi connectivity index (χ3n) is 3.44. The van der Waals surface area contributed by atoms with E-state index in [9.17, 15) is 4.79 Å². The molecule has 0 atom stereocenters. The summed E-state index contributed by atoms with van der Waals surface area (Å²) in [5, 5.41) is 0. The summed E-state index contributed by atoms with van der Waals surface area (Å²) in [4.78, 5) is 14.1. The average Bonchev–Trinajstić information content (AvgIpc) is 2.90. The van der Waals surface area contributed by atoms with Crippen molar-refractivity contribution in [3.05, 3.63) is 70.2 Å². The van der Waals surface area contributed by atoms with Crippen LogP contribution < -0.4 is 4.90 Å². The molecular weight excluding hydrogens is 314 g/mol. The Bertz CT molecular complexity index is 661. The third kappa shape index (κ3) is 2.68. The molecule has 2 aromatic rings. The zero-order valence-electron chi connectivity index (χ0n) is 10.9. The molecule has 0 radical (unpaired) electrons. The predicted octanol–water partition coefficient (Wildman–Crippen LogP) is 4.05. The van der Waals surface area contributed by atoms with Gasteiger partial charge in [-0.15, -0.1) is 0 Å². The van der Waals surface area contributed by atoms with Gasteiger partial charge in [0.15, 0.2) is 0 Å². The zero-order chi connectivity index (χ0) is 13.9. The van der Waals surface area contributed by atoms with Crippen LogP contribution in [0.25, 0.3) is 6.08 Å². The van der Waals surface area contributed by atoms with Crippen molar-refractivity contribution >= 4 is 33.6 Å². The third-order valence-corrected chi connectivity index (χ3v) is 3.97. The number of fused-ring (bicyclic) bond motifs is 1. The van der Waals surface area contributed by atoms with Crippen LogP contribution in [0.4, 0.5) is 5.69 Å². The Morgan fingerprint density at radius 1 is 1.10 bits per heavy atom. The molecule has 0 N–H and O–H groups in total. The monoisotopic (exact) mass is 327 g/mol. The van der Waals surface area contributed by atoms with E-state index in [1.165, 1.54) is 5.56 Å². The van der Waals surface area contributed by atoms with Gasteiger partial charge in [-0.1, -0.05) is 46.3 Å². The van der Waals surface area contributed by atoms with Crippen LogP contribution in [0.5, 0.6) is 0 Å². The van der Waals surface area contributed by atoms with Crippen LogP contribution in [0.2, 0.25) is 0 Å². The number of para-hydroxylation sites is 1. The molecule has 0 aliphatic carbocycles. The maximum atomic E-state index is 12.3. The maximum absolute atomic E-state index is 12.3. The van der Waals surface area contributed by atoms with Gasteiger partial charge in [0.2, 0.25) is 0 Å². The fourth-order valence-corrected chi connectivity index (χ4v) is 2.66. The first-order valence-electron chi connectivity index (χ1n) is 6.57. The molecule has 100 valence electrons. The Kier molecular flexibility index (Phi) is 3.70. The minimum Gasteiger partial charge on any atom is -0.308 e. The highest BCUT2D eigenvalue weighted by molar-refractivity contribution is 9.10. The van der Waals surface area contributed by atoms with E-state index in [-0.39, 0.29) is 5.91 Å². The van der Waals surface area contributed by atoms with E-state index in [1.54, 1.807) is 6.08 Å². The van der Waals surface area contributed by atoms with Crippen LogP contribution in [-0.2, 0) is 11.2 Å². The van der Waals surface area contributed by atoms with E-state index in [2.05, 4.69) is 22.0 Å².